The highest BCUT2D eigenvalue weighted by Gasteiger charge is 2.30. The number of alkyl halides is 2. The summed E-state index contributed by atoms with van der Waals surface area (Å²) < 4.78 is 67.2. The predicted molar refractivity (Wildman–Crippen MR) is 156 cm³/mol. The zero-order valence-electron chi connectivity index (χ0n) is 25.0. The number of aliphatic hydroxyl groups excluding tert-OH is 2. The molecule has 2 aromatic carbocycles. The van der Waals surface area contributed by atoms with Crippen LogP contribution >= 0.6 is 0 Å². The van der Waals surface area contributed by atoms with Gasteiger partial charge in [-0.25, -0.2) is 13.2 Å². The third-order valence-electron chi connectivity index (χ3n) is 5.98. The van der Waals surface area contributed by atoms with Gasteiger partial charge < -0.3 is 29.7 Å². The Hall–Kier alpha value is -4.30. The molecule has 1 aromatic heterocycles. The van der Waals surface area contributed by atoms with Crippen molar-refractivity contribution >= 4 is 18.5 Å². The maximum Gasteiger partial charge on any atom is 0.342 e. The Morgan fingerprint density at radius 2 is 1.59 bits per heavy atom. The topological polar surface area (TPSA) is 121 Å². The number of nitrogens with zero attached hydrogens (tertiary/aromatic N) is 2. The van der Waals surface area contributed by atoms with Crippen LogP contribution in [0.1, 0.15) is 37.3 Å². The molecule has 9 nitrogen and oxygen atoms in total. The van der Waals surface area contributed by atoms with Gasteiger partial charge in [0.15, 0.2) is 0 Å². The van der Waals surface area contributed by atoms with Crippen LogP contribution in [0.4, 0.5) is 27.6 Å². The highest BCUT2D eigenvalue weighted by molar-refractivity contribution is 5.75. The lowest BCUT2D eigenvalue weighted by Crippen LogP contribution is -2.41. The van der Waals surface area contributed by atoms with Crippen molar-refractivity contribution in [3.63, 3.8) is 0 Å². The molecule has 0 aliphatic rings. The van der Waals surface area contributed by atoms with Gasteiger partial charge >= 0.3 is 6.61 Å². The molecule has 0 spiro atoms. The van der Waals surface area contributed by atoms with Gasteiger partial charge in [-0.3, -0.25) is 14.4 Å². The quantitative estimate of drug-likeness (QED) is 0.226. The van der Waals surface area contributed by atoms with Gasteiger partial charge in [0, 0.05) is 49.4 Å². The van der Waals surface area contributed by atoms with Gasteiger partial charge in [-0.05, 0) is 44.5 Å². The zero-order chi connectivity index (χ0) is 33.8. The Morgan fingerprint density at radius 1 is 1.07 bits per heavy atom. The number of amides is 2. The standard InChI is InChI=1S/C20H24F2N2O4.C7H7F.C2H5NO.CH2F2O/c1-4-15(19-16(21)10-14(28-3)11-17(19)22)13(2)24(12-26)18-6-5-7-23(8-9-25)20(18)27;1-6-2-4-7(8)5-3-6;1-3-2-4;2-1(3)4/h5-7,10-13,15,25H,4,8-9H2,1-3H3;2-5H,1H3;2H,1H3,(H,3,4);1,4H. The van der Waals surface area contributed by atoms with Crippen molar-refractivity contribution in [1.29, 1.82) is 0 Å². The number of halogens is 5. The van der Waals surface area contributed by atoms with Crippen molar-refractivity contribution in [2.75, 3.05) is 25.7 Å². The summed E-state index contributed by atoms with van der Waals surface area (Å²) in [5, 5.41) is 18.1. The Morgan fingerprint density at radius 3 is 1.98 bits per heavy atom. The fraction of sp³-hybridized carbons (Fsp3) is 0.367. The number of benzene rings is 2. The number of pyridine rings is 1. The van der Waals surface area contributed by atoms with Crippen LogP contribution in [0.15, 0.2) is 59.5 Å². The zero-order valence-corrected chi connectivity index (χ0v) is 25.0. The highest BCUT2D eigenvalue weighted by atomic mass is 19.3. The predicted octanol–water partition coefficient (Wildman–Crippen LogP) is 4.37. The average molecular weight is 632 g/mol. The van der Waals surface area contributed by atoms with Crippen LogP contribution in [-0.2, 0) is 16.1 Å². The molecular formula is C30H38F5N3O6. The van der Waals surface area contributed by atoms with E-state index in [1.54, 1.807) is 39.1 Å². The summed E-state index contributed by atoms with van der Waals surface area (Å²) in [5.74, 6) is -2.35. The number of aromatic nitrogens is 1. The number of hydrogen-bond donors (Lipinski definition) is 3. The summed E-state index contributed by atoms with van der Waals surface area (Å²) in [4.78, 5) is 34.7. The summed E-state index contributed by atoms with van der Waals surface area (Å²) in [7, 11) is 2.88. The van der Waals surface area contributed by atoms with Gasteiger partial charge in [-0.15, -0.1) is 0 Å². The van der Waals surface area contributed by atoms with E-state index in [-0.39, 0.29) is 36.0 Å². The first-order valence-corrected chi connectivity index (χ1v) is 13.2. The third-order valence-corrected chi connectivity index (χ3v) is 5.98. The maximum atomic E-state index is 14.6. The lowest BCUT2D eigenvalue weighted by atomic mass is 9.88. The number of nitrogens with one attached hydrogen (secondary N) is 1. The van der Waals surface area contributed by atoms with E-state index < -0.39 is 35.8 Å². The molecule has 0 fully saturated rings. The third kappa shape index (κ3) is 13.3. The van der Waals surface area contributed by atoms with Crippen LogP contribution in [0.3, 0.4) is 0 Å². The van der Waals surface area contributed by atoms with Gasteiger partial charge in [0.2, 0.25) is 12.8 Å². The molecular weight excluding hydrogens is 593 g/mol. The van der Waals surface area contributed by atoms with E-state index in [1.165, 1.54) is 41.0 Å². The highest BCUT2D eigenvalue weighted by Crippen LogP contribution is 2.34. The SMILES string of the molecule is CCC(c1c(F)cc(OC)cc1F)C(C)N(C=O)c1cccn(CCO)c1=O.CNC=O.Cc1ccc(F)cc1.OC(F)F. The first-order chi connectivity index (χ1) is 20.8. The monoisotopic (exact) mass is 631 g/mol. The second kappa shape index (κ2) is 21.4. The minimum Gasteiger partial charge on any atom is -0.497 e. The number of ether oxygens (including phenoxy) is 1. The summed E-state index contributed by atoms with van der Waals surface area (Å²) in [5.41, 5.74) is 0.535. The molecule has 14 heteroatoms. The fourth-order valence-electron chi connectivity index (χ4n) is 3.92. The molecule has 0 aliphatic heterocycles. The summed E-state index contributed by atoms with van der Waals surface area (Å²) in [6.45, 7) is 1.99. The molecule has 0 bridgehead atoms. The number of methoxy groups -OCH3 is 1. The molecule has 2 atom stereocenters. The number of carbonyl (C=O) groups is 2. The van der Waals surface area contributed by atoms with Gasteiger partial charge in [-0.2, -0.15) is 8.78 Å². The van der Waals surface area contributed by atoms with Crippen molar-refractivity contribution in [2.24, 2.45) is 0 Å². The van der Waals surface area contributed by atoms with Crippen molar-refractivity contribution < 1.29 is 46.5 Å². The number of anilines is 1. The Labute approximate surface area is 252 Å². The van der Waals surface area contributed by atoms with Crippen LogP contribution < -0.4 is 20.5 Å². The lowest BCUT2D eigenvalue weighted by molar-refractivity contribution is -0.109. The van der Waals surface area contributed by atoms with Crippen LogP contribution in [0.25, 0.3) is 0 Å². The fourth-order valence-corrected chi connectivity index (χ4v) is 3.92. The van der Waals surface area contributed by atoms with Crippen molar-refractivity contribution in [1.82, 2.24) is 9.88 Å². The summed E-state index contributed by atoms with van der Waals surface area (Å²) in [6, 6.07) is 10.9. The van der Waals surface area contributed by atoms with E-state index in [9.17, 15) is 31.5 Å². The van der Waals surface area contributed by atoms with Crippen molar-refractivity contribution in [3.05, 3.63) is 93.7 Å². The molecule has 244 valence electrons. The molecule has 0 saturated carbocycles. The van der Waals surface area contributed by atoms with E-state index in [1.807, 2.05) is 6.92 Å². The van der Waals surface area contributed by atoms with Gasteiger partial charge in [0.1, 0.15) is 28.9 Å². The normalized spacial score (nSPS) is 11.3. The minimum absolute atomic E-state index is 0.0587. The number of aliphatic hydroxyl groups is 2. The number of aryl methyl sites for hydroxylation is 1. The van der Waals surface area contributed by atoms with Crippen LogP contribution in [-0.4, -0.2) is 61.0 Å². The lowest BCUT2D eigenvalue weighted by Gasteiger charge is -2.32. The maximum absolute atomic E-state index is 14.6. The molecule has 44 heavy (non-hydrogen) atoms. The molecule has 3 rings (SSSR count). The van der Waals surface area contributed by atoms with Gasteiger partial charge in [0.25, 0.3) is 5.56 Å². The molecule has 1 heterocycles. The smallest absolute Gasteiger partial charge is 0.342 e. The Bertz CT molecular complexity index is 1280. The number of carbonyl (C=O) groups excluding carboxylic acids is 2. The number of rotatable bonds is 10. The Kier molecular flexibility index (Phi) is 19.3. The van der Waals surface area contributed by atoms with Crippen LogP contribution in [0.5, 0.6) is 5.75 Å². The average Bonchev–Trinajstić information content (AvgIpc) is 2.98. The minimum atomic E-state index is -3.17. The molecule has 0 aliphatic carbocycles. The number of hydrogen-bond acceptors (Lipinski definition) is 6. The van der Waals surface area contributed by atoms with Crippen LogP contribution in [0, 0.1) is 24.4 Å². The molecule has 0 radical (unpaired) electrons. The van der Waals surface area contributed by atoms with Crippen LogP contribution in [0.2, 0.25) is 0 Å². The summed E-state index contributed by atoms with van der Waals surface area (Å²) in [6.07, 6.45) is 2.94. The second-order valence-electron chi connectivity index (χ2n) is 8.87. The van der Waals surface area contributed by atoms with Crippen molar-refractivity contribution in [3.8, 4) is 5.75 Å². The van der Waals surface area contributed by atoms with E-state index in [0.29, 0.717) is 19.2 Å². The van der Waals surface area contributed by atoms with E-state index in [2.05, 4.69) is 5.32 Å². The summed E-state index contributed by atoms with van der Waals surface area (Å²) >= 11 is 0. The first kappa shape index (κ1) is 39.7. The molecule has 2 amide bonds. The van der Waals surface area contributed by atoms with Gasteiger partial charge in [-0.1, -0.05) is 24.6 Å². The van der Waals surface area contributed by atoms with E-state index >= 15 is 0 Å². The second-order valence-corrected chi connectivity index (χ2v) is 8.87. The van der Waals surface area contributed by atoms with Crippen molar-refractivity contribution in [2.45, 2.75) is 52.3 Å². The largest absolute Gasteiger partial charge is 0.497 e. The molecule has 2 unspecified atom stereocenters. The van der Waals surface area contributed by atoms with Gasteiger partial charge in [0.05, 0.1) is 13.7 Å². The molecule has 0 saturated heterocycles. The molecule has 3 aromatic rings. The molecule has 3 N–H and O–H groups in total. The van der Waals surface area contributed by atoms with E-state index in [4.69, 9.17) is 19.7 Å². The first-order valence-electron chi connectivity index (χ1n) is 13.2. The Balaban J connectivity index is 0.000000939. The van der Waals surface area contributed by atoms with E-state index in [0.717, 1.165) is 17.7 Å².